The van der Waals surface area contributed by atoms with Gasteiger partial charge in [0.15, 0.2) is 0 Å². The monoisotopic (exact) mass is 817 g/mol. The predicted molar refractivity (Wildman–Crippen MR) is 234 cm³/mol. The highest BCUT2D eigenvalue weighted by atomic mass is 79.9. The summed E-state index contributed by atoms with van der Waals surface area (Å²) in [5, 5.41) is 2.42. The van der Waals surface area contributed by atoms with Crippen molar-refractivity contribution < 1.29 is 0 Å². The summed E-state index contributed by atoms with van der Waals surface area (Å²) in [4.78, 5) is 4.77. The quantitative estimate of drug-likeness (QED) is 0.159. The molecule has 53 heavy (non-hydrogen) atoms. The van der Waals surface area contributed by atoms with Crippen LogP contribution < -0.4 is 9.80 Å². The first kappa shape index (κ1) is 35.0. The summed E-state index contributed by atoms with van der Waals surface area (Å²) in [6.45, 7) is 13.1. The average molecular weight is 820 g/mol. The highest BCUT2D eigenvalue weighted by Gasteiger charge is 2.21. The van der Waals surface area contributed by atoms with Gasteiger partial charge in [-0.05, 0) is 184 Å². The standard InChI is InChI=1S/C48H41Br2N3/c1-30-19-31(2)23-42(22-30)51(38-11-7-36(49)8-12-38)40-15-17-45-46-18-16-41(29-48(46)53(47(45)28-40)39-13-9-37(50)10-14-39)52(43-24-32(3)20-33(4)25-43)44-26-34(5)21-35(6)27-44/h7-29H,1-6H3. The van der Waals surface area contributed by atoms with Gasteiger partial charge in [0.25, 0.3) is 0 Å². The molecule has 0 bridgehead atoms. The van der Waals surface area contributed by atoms with Crippen LogP contribution in [0.25, 0.3) is 27.5 Å². The Labute approximate surface area is 329 Å². The molecule has 0 aliphatic carbocycles. The number of hydrogen-bond acceptors (Lipinski definition) is 2. The molecule has 0 aliphatic rings. The topological polar surface area (TPSA) is 11.4 Å². The molecule has 8 aromatic rings. The molecule has 1 aromatic heterocycles. The Morgan fingerprint density at radius 2 is 0.660 bits per heavy atom. The molecule has 0 radical (unpaired) electrons. The lowest BCUT2D eigenvalue weighted by Crippen LogP contribution is -2.11. The molecule has 5 heteroatoms. The Bertz CT molecular complexity index is 2540. The van der Waals surface area contributed by atoms with Gasteiger partial charge in [0.05, 0.1) is 11.0 Å². The molecule has 1 heterocycles. The molecule has 0 spiro atoms. The molecule has 0 saturated heterocycles. The Hall–Kier alpha value is -5.10. The number of fused-ring (bicyclic) bond motifs is 3. The van der Waals surface area contributed by atoms with E-state index >= 15 is 0 Å². The molecule has 3 nitrogen and oxygen atoms in total. The molecule has 262 valence electrons. The van der Waals surface area contributed by atoms with Crippen LogP contribution in [0.15, 0.2) is 148 Å². The number of aryl methyl sites for hydroxylation is 6. The van der Waals surface area contributed by atoms with E-state index in [1.807, 2.05) is 0 Å². The molecule has 7 aromatic carbocycles. The maximum Gasteiger partial charge on any atom is 0.0561 e. The van der Waals surface area contributed by atoms with Gasteiger partial charge in [-0.15, -0.1) is 0 Å². The van der Waals surface area contributed by atoms with E-state index in [0.717, 1.165) is 59.8 Å². The minimum Gasteiger partial charge on any atom is -0.310 e. The molecule has 8 rings (SSSR count). The van der Waals surface area contributed by atoms with E-state index in [4.69, 9.17) is 0 Å². The van der Waals surface area contributed by atoms with E-state index in [9.17, 15) is 0 Å². The fraction of sp³-hybridized carbons (Fsp3) is 0.125. The summed E-state index contributed by atoms with van der Waals surface area (Å²) in [6, 6.07) is 51.5. The van der Waals surface area contributed by atoms with Crippen LogP contribution >= 0.6 is 31.9 Å². The highest BCUT2D eigenvalue weighted by Crippen LogP contribution is 2.43. The number of hydrogen-bond donors (Lipinski definition) is 0. The molecule has 0 unspecified atom stereocenters. The van der Waals surface area contributed by atoms with E-state index in [1.165, 1.54) is 44.2 Å². The largest absolute Gasteiger partial charge is 0.310 e. The highest BCUT2D eigenvalue weighted by molar-refractivity contribution is 9.10. The van der Waals surface area contributed by atoms with Crippen molar-refractivity contribution in [3.8, 4) is 5.69 Å². The lowest BCUT2D eigenvalue weighted by Gasteiger charge is -2.27. The SMILES string of the molecule is Cc1cc(C)cc(N(c2ccc(Br)cc2)c2ccc3c4ccc(N(c5cc(C)cc(C)c5)c5cc(C)cc(C)c5)cc4n(-c4ccc(Br)cc4)c3c2)c1. The Kier molecular flexibility index (Phi) is 9.26. The lowest BCUT2D eigenvalue weighted by atomic mass is 10.1. The number of benzene rings is 7. The number of rotatable bonds is 7. The first-order valence-corrected chi connectivity index (χ1v) is 19.5. The molecular weight excluding hydrogens is 778 g/mol. The Morgan fingerprint density at radius 1 is 0.340 bits per heavy atom. The van der Waals surface area contributed by atoms with Crippen LogP contribution in [0.4, 0.5) is 34.1 Å². The summed E-state index contributed by atoms with van der Waals surface area (Å²) in [5.41, 5.74) is 17.6. The van der Waals surface area contributed by atoms with Crippen molar-refractivity contribution in [2.75, 3.05) is 9.80 Å². The average Bonchev–Trinajstić information content (AvgIpc) is 3.41. The van der Waals surface area contributed by atoms with Crippen LogP contribution in [0.3, 0.4) is 0 Å². The van der Waals surface area contributed by atoms with Gasteiger partial charge >= 0.3 is 0 Å². The maximum absolute atomic E-state index is 3.69. The molecule has 0 aliphatic heterocycles. The van der Waals surface area contributed by atoms with Gasteiger partial charge in [-0.2, -0.15) is 0 Å². The van der Waals surface area contributed by atoms with Crippen LogP contribution in [0.5, 0.6) is 0 Å². The maximum atomic E-state index is 3.69. The van der Waals surface area contributed by atoms with Crippen molar-refractivity contribution >= 4 is 87.8 Å². The zero-order chi connectivity index (χ0) is 37.0. The number of anilines is 6. The number of halogens is 2. The molecule has 0 saturated carbocycles. The first-order chi connectivity index (χ1) is 25.5. The number of nitrogens with zero attached hydrogens (tertiary/aromatic N) is 3. The van der Waals surface area contributed by atoms with E-state index in [0.29, 0.717) is 0 Å². The van der Waals surface area contributed by atoms with Crippen molar-refractivity contribution in [3.05, 3.63) is 182 Å². The van der Waals surface area contributed by atoms with Gasteiger partial charge in [0.1, 0.15) is 0 Å². The van der Waals surface area contributed by atoms with Crippen LogP contribution in [0.2, 0.25) is 0 Å². The Morgan fingerprint density at radius 3 is 1.04 bits per heavy atom. The number of aromatic nitrogens is 1. The lowest BCUT2D eigenvalue weighted by molar-refractivity contribution is 1.17. The smallest absolute Gasteiger partial charge is 0.0561 e. The van der Waals surface area contributed by atoms with Gasteiger partial charge in [-0.3, -0.25) is 0 Å². The minimum atomic E-state index is 1.05. The Balaban J connectivity index is 1.40. The second-order valence-electron chi connectivity index (χ2n) is 14.4. The van der Waals surface area contributed by atoms with Crippen molar-refractivity contribution in [1.82, 2.24) is 4.57 Å². The molecule has 0 atom stereocenters. The van der Waals surface area contributed by atoms with Crippen LogP contribution in [-0.2, 0) is 0 Å². The fourth-order valence-electron chi connectivity index (χ4n) is 7.87. The second kappa shape index (κ2) is 14.0. The van der Waals surface area contributed by atoms with Crippen molar-refractivity contribution in [1.29, 1.82) is 0 Å². The van der Waals surface area contributed by atoms with E-state index in [2.05, 4.69) is 227 Å². The summed E-state index contributed by atoms with van der Waals surface area (Å²) in [7, 11) is 0. The van der Waals surface area contributed by atoms with Crippen molar-refractivity contribution in [2.24, 2.45) is 0 Å². The third kappa shape index (κ3) is 6.92. The summed E-state index contributed by atoms with van der Waals surface area (Å²) in [5.74, 6) is 0. The normalized spacial score (nSPS) is 11.4. The van der Waals surface area contributed by atoms with Crippen LogP contribution in [-0.4, -0.2) is 4.57 Å². The zero-order valence-electron chi connectivity index (χ0n) is 30.9. The molecular formula is C48H41Br2N3. The van der Waals surface area contributed by atoms with E-state index in [1.54, 1.807) is 0 Å². The molecule has 0 N–H and O–H groups in total. The fourth-order valence-corrected chi connectivity index (χ4v) is 8.39. The molecule has 0 fully saturated rings. The first-order valence-electron chi connectivity index (χ1n) is 18.0. The zero-order valence-corrected chi connectivity index (χ0v) is 34.0. The predicted octanol–water partition coefficient (Wildman–Crippen LogP) is 15.1. The van der Waals surface area contributed by atoms with Gasteiger partial charge in [0, 0.05) is 59.5 Å². The van der Waals surface area contributed by atoms with Gasteiger partial charge in [0.2, 0.25) is 0 Å². The van der Waals surface area contributed by atoms with E-state index in [-0.39, 0.29) is 0 Å². The second-order valence-corrected chi connectivity index (χ2v) is 16.2. The minimum absolute atomic E-state index is 1.05. The summed E-state index contributed by atoms with van der Waals surface area (Å²) >= 11 is 7.34. The van der Waals surface area contributed by atoms with Crippen LogP contribution in [0, 0.1) is 41.5 Å². The van der Waals surface area contributed by atoms with Crippen molar-refractivity contribution in [2.45, 2.75) is 41.5 Å². The molecule has 0 amide bonds. The van der Waals surface area contributed by atoms with Gasteiger partial charge < -0.3 is 14.4 Å². The van der Waals surface area contributed by atoms with Gasteiger partial charge in [-0.1, -0.05) is 62.2 Å². The summed E-state index contributed by atoms with van der Waals surface area (Å²) < 4.78 is 4.53. The third-order valence-corrected chi connectivity index (χ3v) is 10.9. The van der Waals surface area contributed by atoms with E-state index < -0.39 is 0 Å². The van der Waals surface area contributed by atoms with Crippen LogP contribution in [0.1, 0.15) is 33.4 Å². The van der Waals surface area contributed by atoms with Crippen molar-refractivity contribution in [3.63, 3.8) is 0 Å². The summed E-state index contributed by atoms with van der Waals surface area (Å²) in [6.07, 6.45) is 0. The van der Waals surface area contributed by atoms with Gasteiger partial charge in [-0.25, -0.2) is 0 Å². The third-order valence-electron chi connectivity index (χ3n) is 9.81.